The molecule has 4 heteroatoms. The molecule has 66 valence electrons. The summed E-state index contributed by atoms with van der Waals surface area (Å²) in [5.74, 6) is 0.729. The van der Waals surface area contributed by atoms with Crippen molar-refractivity contribution in [3.63, 3.8) is 0 Å². The third-order valence-corrected chi connectivity index (χ3v) is 2.17. The maximum absolute atomic E-state index is 5.63. The monoisotopic (exact) mass is 183 g/mol. The maximum atomic E-state index is 5.63. The Hall–Kier alpha value is -0.900. The first-order chi connectivity index (χ1) is 5.83. The van der Waals surface area contributed by atoms with Gasteiger partial charge in [-0.25, -0.2) is 4.98 Å². The lowest BCUT2D eigenvalue weighted by Crippen LogP contribution is -2.10. The highest BCUT2D eigenvalue weighted by molar-refractivity contribution is 7.09. The second-order valence-electron chi connectivity index (χ2n) is 2.48. The van der Waals surface area contributed by atoms with Crippen molar-refractivity contribution in [1.29, 1.82) is 0 Å². The molecule has 0 fully saturated rings. The van der Waals surface area contributed by atoms with Crippen LogP contribution in [-0.4, -0.2) is 10.8 Å². The Labute approximate surface area is 76.4 Å². The Kier molecular flexibility index (Phi) is 3.73. The van der Waals surface area contributed by atoms with E-state index in [0.717, 1.165) is 23.7 Å². The summed E-state index contributed by atoms with van der Waals surface area (Å²) in [5.41, 5.74) is 5.63. The van der Waals surface area contributed by atoms with E-state index < -0.39 is 0 Å². The summed E-state index contributed by atoms with van der Waals surface area (Å²) >= 11 is 1.61. The van der Waals surface area contributed by atoms with Crippen LogP contribution in [0.25, 0.3) is 0 Å². The van der Waals surface area contributed by atoms with Gasteiger partial charge in [0.25, 0.3) is 0 Å². The molecule has 0 amide bonds. The average Bonchev–Trinajstić information content (AvgIpc) is 2.53. The van der Waals surface area contributed by atoms with Crippen LogP contribution in [0.1, 0.15) is 24.8 Å². The van der Waals surface area contributed by atoms with Gasteiger partial charge in [0, 0.05) is 18.0 Å². The van der Waals surface area contributed by atoms with E-state index in [0.29, 0.717) is 6.54 Å². The summed E-state index contributed by atoms with van der Waals surface area (Å²) < 4.78 is 0. The largest absolute Gasteiger partial charge is 0.387 e. The second-order valence-corrected chi connectivity index (χ2v) is 3.46. The summed E-state index contributed by atoms with van der Waals surface area (Å²) in [4.78, 5) is 8.30. The lowest BCUT2D eigenvalue weighted by Gasteiger charge is -1.95. The Bertz CT molecular complexity index is 241. The lowest BCUT2D eigenvalue weighted by atomic mass is 10.3. The van der Waals surface area contributed by atoms with E-state index in [4.69, 9.17) is 5.73 Å². The van der Waals surface area contributed by atoms with Gasteiger partial charge in [-0.2, -0.15) is 0 Å². The molecule has 0 aliphatic rings. The van der Waals surface area contributed by atoms with Crippen LogP contribution >= 0.6 is 11.3 Å². The number of amidine groups is 1. The fraction of sp³-hybridized carbons (Fsp3) is 0.500. The minimum Gasteiger partial charge on any atom is -0.387 e. The molecule has 1 rings (SSSR count). The van der Waals surface area contributed by atoms with E-state index in [9.17, 15) is 0 Å². The number of aliphatic imine (C=N–C) groups is 1. The van der Waals surface area contributed by atoms with Crippen LogP contribution in [0.15, 0.2) is 16.6 Å². The quantitative estimate of drug-likeness (QED) is 0.571. The summed E-state index contributed by atoms with van der Waals surface area (Å²) in [6.45, 7) is 2.72. The van der Waals surface area contributed by atoms with Crippen molar-refractivity contribution in [2.24, 2.45) is 10.7 Å². The predicted molar refractivity (Wildman–Crippen MR) is 52.3 cm³/mol. The second kappa shape index (κ2) is 4.87. The Morgan fingerprint density at radius 2 is 2.58 bits per heavy atom. The molecule has 0 aliphatic heterocycles. The average molecular weight is 183 g/mol. The highest BCUT2D eigenvalue weighted by atomic mass is 32.1. The maximum Gasteiger partial charge on any atom is 0.114 e. The van der Waals surface area contributed by atoms with E-state index in [1.807, 2.05) is 5.38 Å². The van der Waals surface area contributed by atoms with Crippen LogP contribution in [0, 0.1) is 0 Å². The van der Waals surface area contributed by atoms with E-state index >= 15 is 0 Å². The fourth-order valence-corrected chi connectivity index (χ4v) is 1.38. The number of hydrogen-bond donors (Lipinski definition) is 1. The standard InChI is InChI=1S/C8H13N3S/c1-2-3-7(9)11-6-8-10-4-5-12-8/h4-5H,2-3,6H2,1H3,(H2,9,11). The molecule has 0 spiro atoms. The molecule has 1 heterocycles. The van der Waals surface area contributed by atoms with Crippen molar-refractivity contribution in [2.45, 2.75) is 26.3 Å². The smallest absolute Gasteiger partial charge is 0.114 e. The zero-order valence-electron chi connectivity index (χ0n) is 7.16. The molecule has 12 heavy (non-hydrogen) atoms. The molecule has 1 aromatic rings. The van der Waals surface area contributed by atoms with Crippen LogP contribution in [0.4, 0.5) is 0 Å². The molecule has 0 saturated carbocycles. The number of thiazole rings is 1. The molecule has 0 radical (unpaired) electrons. The highest BCUT2D eigenvalue weighted by Crippen LogP contribution is 2.05. The molecule has 3 nitrogen and oxygen atoms in total. The van der Waals surface area contributed by atoms with Crippen LogP contribution in [0.5, 0.6) is 0 Å². The Balaban J connectivity index is 2.38. The zero-order chi connectivity index (χ0) is 8.81. The Morgan fingerprint density at radius 3 is 3.17 bits per heavy atom. The van der Waals surface area contributed by atoms with Crippen molar-refractivity contribution in [1.82, 2.24) is 4.98 Å². The van der Waals surface area contributed by atoms with Crippen LogP contribution < -0.4 is 5.73 Å². The van der Waals surface area contributed by atoms with Gasteiger partial charge < -0.3 is 5.73 Å². The summed E-state index contributed by atoms with van der Waals surface area (Å²) in [6, 6.07) is 0. The third kappa shape index (κ3) is 3.00. The number of rotatable bonds is 4. The predicted octanol–water partition coefficient (Wildman–Crippen LogP) is 1.80. The van der Waals surface area contributed by atoms with Gasteiger partial charge in [-0.05, 0) is 6.42 Å². The van der Waals surface area contributed by atoms with Gasteiger partial charge in [0.05, 0.1) is 12.4 Å². The first-order valence-corrected chi connectivity index (χ1v) is 4.88. The lowest BCUT2D eigenvalue weighted by molar-refractivity contribution is 0.949. The van der Waals surface area contributed by atoms with E-state index in [1.54, 1.807) is 17.5 Å². The van der Waals surface area contributed by atoms with E-state index in [-0.39, 0.29) is 0 Å². The number of nitrogens with two attached hydrogens (primary N) is 1. The summed E-state index contributed by atoms with van der Waals surface area (Å²) in [7, 11) is 0. The highest BCUT2D eigenvalue weighted by Gasteiger charge is 1.93. The molecule has 1 aromatic heterocycles. The molecule has 2 N–H and O–H groups in total. The first-order valence-electron chi connectivity index (χ1n) is 4.00. The number of hydrogen-bond acceptors (Lipinski definition) is 3. The SMILES string of the molecule is CCCC(N)=NCc1nccs1. The minimum atomic E-state index is 0.628. The molecule has 0 bridgehead atoms. The normalized spacial score (nSPS) is 11.9. The van der Waals surface area contributed by atoms with Gasteiger partial charge in [0.2, 0.25) is 0 Å². The fourth-order valence-electron chi connectivity index (χ4n) is 0.835. The van der Waals surface area contributed by atoms with Gasteiger partial charge in [-0.1, -0.05) is 6.92 Å². The molecule has 0 unspecified atom stereocenters. The van der Waals surface area contributed by atoms with Crippen LogP contribution in [0.3, 0.4) is 0 Å². The van der Waals surface area contributed by atoms with E-state index in [2.05, 4.69) is 16.9 Å². The zero-order valence-corrected chi connectivity index (χ0v) is 7.97. The van der Waals surface area contributed by atoms with Crippen molar-refractivity contribution in [2.75, 3.05) is 0 Å². The number of nitrogens with zero attached hydrogens (tertiary/aromatic N) is 2. The molecular formula is C8H13N3S. The van der Waals surface area contributed by atoms with Gasteiger partial charge in [-0.15, -0.1) is 11.3 Å². The molecule has 0 aliphatic carbocycles. The third-order valence-electron chi connectivity index (χ3n) is 1.41. The first kappa shape index (κ1) is 9.19. The molecule has 0 saturated heterocycles. The van der Waals surface area contributed by atoms with Crippen molar-refractivity contribution < 1.29 is 0 Å². The summed E-state index contributed by atoms with van der Waals surface area (Å²) in [6.07, 6.45) is 3.71. The van der Waals surface area contributed by atoms with E-state index in [1.165, 1.54) is 0 Å². The molecule has 0 aromatic carbocycles. The van der Waals surface area contributed by atoms with Gasteiger partial charge in [0.1, 0.15) is 5.01 Å². The molecule has 0 atom stereocenters. The van der Waals surface area contributed by atoms with Gasteiger partial charge in [-0.3, -0.25) is 4.99 Å². The Morgan fingerprint density at radius 1 is 1.75 bits per heavy atom. The van der Waals surface area contributed by atoms with Crippen LogP contribution in [0.2, 0.25) is 0 Å². The van der Waals surface area contributed by atoms with Crippen LogP contribution in [-0.2, 0) is 6.54 Å². The van der Waals surface area contributed by atoms with Crippen molar-refractivity contribution in [3.05, 3.63) is 16.6 Å². The van der Waals surface area contributed by atoms with Crippen molar-refractivity contribution >= 4 is 17.2 Å². The van der Waals surface area contributed by atoms with Crippen molar-refractivity contribution in [3.8, 4) is 0 Å². The topological polar surface area (TPSA) is 51.3 Å². The molecular weight excluding hydrogens is 170 g/mol. The van der Waals surface area contributed by atoms with Gasteiger partial charge in [0.15, 0.2) is 0 Å². The minimum absolute atomic E-state index is 0.628. The van der Waals surface area contributed by atoms with Gasteiger partial charge >= 0.3 is 0 Å². The number of aromatic nitrogens is 1. The summed E-state index contributed by atoms with van der Waals surface area (Å²) in [5, 5.41) is 2.97.